The van der Waals surface area contributed by atoms with Gasteiger partial charge in [0.2, 0.25) is 0 Å². The largest absolute Gasteiger partial charge is 0.493 e. The lowest BCUT2D eigenvalue weighted by molar-refractivity contribution is 0.302. The van der Waals surface area contributed by atoms with Crippen LogP contribution in [0, 0.1) is 0 Å². The maximum absolute atomic E-state index is 12.0. The first-order valence-corrected chi connectivity index (χ1v) is 8.05. The molecule has 0 radical (unpaired) electrons. The Hall–Kier alpha value is -3.28. The Labute approximate surface area is 142 Å². The zero-order valence-electron chi connectivity index (χ0n) is 13.4. The second kappa shape index (κ2) is 6.32. The molecule has 4 rings (SSSR count). The third-order valence-corrected chi connectivity index (χ3v) is 4.07. The van der Waals surface area contributed by atoms with Gasteiger partial charge in [0, 0.05) is 24.1 Å². The number of aryl methyl sites for hydroxylation is 1. The van der Waals surface area contributed by atoms with Gasteiger partial charge in [0.15, 0.2) is 0 Å². The van der Waals surface area contributed by atoms with E-state index in [-0.39, 0.29) is 11.3 Å². The fraction of sp³-hybridized carbons (Fsp3) is 0.158. The van der Waals surface area contributed by atoms with Crippen LogP contribution in [0.5, 0.6) is 5.75 Å². The van der Waals surface area contributed by atoms with Gasteiger partial charge < -0.3 is 14.1 Å². The molecule has 4 aromatic rings. The van der Waals surface area contributed by atoms with E-state index in [0.29, 0.717) is 30.9 Å². The molecule has 25 heavy (non-hydrogen) atoms. The second-order valence-corrected chi connectivity index (χ2v) is 5.76. The first-order valence-electron chi connectivity index (χ1n) is 8.05. The minimum absolute atomic E-state index is 0.117. The van der Waals surface area contributed by atoms with Crippen molar-refractivity contribution < 1.29 is 9.15 Å². The first-order chi connectivity index (χ1) is 12.2. The lowest BCUT2D eigenvalue weighted by Gasteiger charge is -2.07. The maximum Gasteiger partial charge on any atom is 0.336 e. The minimum Gasteiger partial charge on any atom is -0.493 e. The molecular formula is C19H16N2O4. The lowest BCUT2D eigenvalue weighted by Crippen LogP contribution is -2.18. The van der Waals surface area contributed by atoms with Gasteiger partial charge in [0.1, 0.15) is 11.3 Å². The highest BCUT2D eigenvalue weighted by molar-refractivity contribution is 5.77. The van der Waals surface area contributed by atoms with Gasteiger partial charge in [-0.05, 0) is 36.8 Å². The number of imidazole rings is 1. The Morgan fingerprint density at radius 2 is 1.88 bits per heavy atom. The molecule has 0 aliphatic rings. The van der Waals surface area contributed by atoms with Gasteiger partial charge in [-0.2, -0.15) is 0 Å². The highest BCUT2D eigenvalue weighted by Crippen LogP contribution is 2.19. The van der Waals surface area contributed by atoms with Crippen molar-refractivity contribution in [1.82, 2.24) is 9.55 Å². The molecule has 2 aromatic carbocycles. The van der Waals surface area contributed by atoms with Crippen molar-refractivity contribution in [3.05, 3.63) is 75.5 Å². The molecule has 1 N–H and O–H groups in total. The van der Waals surface area contributed by atoms with E-state index in [4.69, 9.17) is 9.15 Å². The van der Waals surface area contributed by atoms with E-state index in [0.717, 1.165) is 16.4 Å². The number of aromatic amines is 1. The minimum atomic E-state index is -0.386. The molecule has 0 atom stereocenters. The zero-order chi connectivity index (χ0) is 17.2. The highest BCUT2D eigenvalue weighted by Gasteiger charge is 2.06. The van der Waals surface area contributed by atoms with Crippen molar-refractivity contribution in [1.29, 1.82) is 0 Å². The molecule has 2 heterocycles. The first kappa shape index (κ1) is 15.3. The summed E-state index contributed by atoms with van der Waals surface area (Å²) in [5.74, 6) is 0.633. The monoisotopic (exact) mass is 336 g/mol. The molecule has 0 saturated heterocycles. The summed E-state index contributed by atoms with van der Waals surface area (Å²) >= 11 is 0. The van der Waals surface area contributed by atoms with Crippen molar-refractivity contribution >= 4 is 22.0 Å². The molecule has 6 nitrogen and oxygen atoms in total. The Bertz CT molecular complexity index is 1150. The van der Waals surface area contributed by atoms with E-state index in [2.05, 4.69) is 4.98 Å². The Morgan fingerprint density at radius 3 is 2.80 bits per heavy atom. The number of H-pyrrole nitrogens is 1. The Kier molecular flexibility index (Phi) is 3.85. The number of nitrogens with zero attached hydrogens (tertiary/aromatic N) is 1. The average Bonchev–Trinajstić information content (AvgIpc) is 2.93. The Balaban J connectivity index is 1.43. The molecule has 0 bridgehead atoms. The van der Waals surface area contributed by atoms with E-state index in [1.807, 2.05) is 36.4 Å². The van der Waals surface area contributed by atoms with Crippen LogP contribution < -0.4 is 16.1 Å². The summed E-state index contributed by atoms with van der Waals surface area (Å²) in [6.07, 6.45) is 0.679. The molecule has 0 spiro atoms. The van der Waals surface area contributed by atoms with Crippen LogP contribution in [0.15, 0.2) is 68.6 Å². The van der Waals surface area contributed by atoms with Crippen molar-refractivity contribution in [2.75, 3.05) is 6.61 Å². The summed E-state index contributed by atoms with van der Waals surface area (Å²) in [7, 11) is 0. The lowest BCUT2D eigenvalue weighted by atomic mass is 10.2. The molecule has 0 aliphatic carbocycles. The van der Waals surface area contributed by atoms with E-state index in [1.165, 1.54) is 6.07 Å². The van der Waals surface area contributed by atoms with Crippen molar-refractivity contribution in [3.63, 3.8) is 0 Å². The molecule has 0 unspecified atom stereocenters. The third-order valence-electron chi connectivity index (χ3n) is 4.07. The fourth-order valence-corrected chi connectivity index (χ4v) is 2.87. The van der Waals surface area contributed by atoms with E-state index >= 15 is 0 Å². The van der Waals surface area contributed by atoms with Gasteiger partial charge in [-0.1, -0.05) is 12.1 Å². The fourth-order valence-electron chi connectivity index (χ4n) is 2.87. The molecule has 0 saturated carbocycles. The number of hydrogen-bond donors (Lipinski definition) is 1. The molecule has 2 aromatic heterocycles. The van der Waals surface area contributed by atoms with Crippen molar-refractivity contribution in [3.8, 4) is 5.75 Å². The predicted molar refractivity (Wildman–Crippen MR) is 95.2 cm³/mol. The Morgan fingerprint density at radius 1 is 1.04 bits per heavy atom. The van der Waals surface area contributed by atoms with Gasteiger partial charge in [-0.3, -0.25) is 4.57 Å². The standard InChI is InChI=1S/C19H16N2O4/c22-18-9-7-13-6-8-14(12-17(13)25-18)24-11-3-10-21-16-5-2-1-4-15(16)20-19(21)23/h1-2,4-9,12H,3,10-11H2,(H,20,23). The number of fused-ring (bicyclic) bond motifs is 2. The SMILES string of the molecule is O=c1ccc2ccc(OCCCn3c(=O)[nH]c4ccccc43)cc2o1. The van der Waals surface area contributed by atoms with Crippen LogP contribution in [0.2, 0.25) is 0 Å². The summed E-state index contributed by atoms with van der Waals surface area (Å²) in [6, 6.07) is 16.1. The predicted octanol–water partition coefficient (Wildman–Crippen LogP) is 2.91. The normalized spacial score (nSPS) is 11.2. The van der Waals surface area contributed by atoms with E-state index in [1.54, 1.807) is 16.7 Å². The maximum atomic E-state index is 12.0. The number of nitrogens with one attached hydrogen (secondary N) is 1. The molecule has 0 aliphatic heterocycles. The smallest absolute Gasteiger partial charge is 0.336 e. The summed E-state index contributed by atoms with van der Waals surface area (Å²) in [5, 5.41) is 0.845. The van der Waals surface area contributed by atoms with Crippen LogP contribution in [0.1, 0.15) is 6.42 Å². The van der Waals surface area contributed by atoms with Gasteiger partial charge in [0.05, 0.1) is 17.6 Å². The van der Waals surface area contributed by atoms with Crippen LogP contribution in [-0.4, -0.2) is 16.2 Å². The van der Waals surface area contributed by atoms with Crippen LogP contribution in [0.4, 0.5) is 0 Å². The topological polar surface area (TPSA) is 77.2 Å². The van der Waals surface area contributed by atoms with Crippen LogP contribution in [0.25, 0.3) is 22.0 Å². The number of para-hydroxylation sites is 2. The van der Waals surface area contributed by atoms with E-state index < -0.39 is 0 Å². The summed E-state index contributed by atoms with van der Waals surface area (Å²) < 4.78 is 12.6. The van der Waals surface area contributed by atoms with Gasteiger partial charge in [-0.15, -0.1) is 0 Å². The molecule has 0 fully saturated rings. The average molecular weight is 336 g/mol. The number of ether oxygens (including phenoxy) is 1. The van der Waals surface area contributed by atoms with Gasteiger partial charge in [0.25, 0.3) is 0 Å². The van der Waals surface area contributed by atoms with Crippen molar-refractivity contribution in [2.45, 2.75) is 13.0 Å². The van der Waals surface area contributed by atoms with Crippen LogP contribution in [-0.2, 0) is 6.54 Å². The second-order valence-electron chi connectivity index (χ2n) is 5.76. The molecule has 0 amide bonds. The van der Waals surface area contributed by atoms with Gasteiger partial charge in [-0.25, -0.2) is 9.59 Å². The highest BCUT2D eigenvalue weighted by atomic mass is 16.5. The number of hydrogen-bond acceptors (Lipinski definition) is 4. The summed E-state index contributed by atoms with van der Waals surface area (Å²) in [6.45, 7) is 1.01. The molecule has 126 valence electrons. The summed E-state index contributed by atoms with van der Waals surface area (Å²) in [4.78, 5) is 26.1. The van der Waals surface area contributed by atoms with E-state index in [9.17, 15) is 9.59 Å². The number of aromatic nitrogens is 2. The third kappa shape index (κ3) is 3.06. The van der Waals surface area contributed by atoms with Crippen LogP contribution in [0.3, 0.4) is 0 Å². The number of benzene rings is 2. The zero-order valence-corrected chi connectivity index (χ0v) is 13.4. The van der Waals surface area contributed by atoms with Gasteiger partial charge >= 0.3 is 11.3 Å². The molecule has 6 heteroatoms. The summed E-state index contributed by atoms with van der Waals surface area (Å²) in [5.41, 5.74) is 1.72. The molecular weight excluding hydrogens is 320 g/mol. The van der Waals surface area contributed by atoms with Crippen LogP contribution >= 0.6 is 0 Å². The number of rotatable bonds is 5. The quantitative estimate of drug-likeness (QED) is 0.449. The van der Waals surface area contributed by atoms with Crippen molar-refractivity contribution in [2.24, 2.45) is 0 Å².